The second kappa shape index (κ2) is 11.4. The van der Waals surface area contributed by atoms with Crippen LogP contribution in [0.4, 0.5) is 0 Å². The molecule has 1 saturated heterocycles. The fourth-order valence-electron chi connectivity index (χ4n) is 2.55. The molecule has 1 rings (SSSR count). The van der Waals surface area contributed by atoms with Gasteiger partial charge in [-0.05, 0) is 31.6 Å². The van der Waals surface area contributed by atoms with Gasteiger partial charge in [0.05, 0.1) is 5.75 Å². The van der Waals surface area contributed by atoms with Gasteiger partial charge in [-0.25, -0.2) is 13.6 Å². The maximum absolute atomic E-state index is 10.7. The van der Waals surface area contributed by atoms with Gasteiger partial charge in [-0.2, -0.15) is 0 Å². The van der Waals surface area contributed by atoms with Gasteiger partial charge < -0.3 is 9.47 Å². The lowest BCUT2D eigenvalue weighted by molar-refractivity contribution is 0.0198. The molecule has 1 heterocycles. The van der Waals surface area contributed by atoms with Gasteiger partial charge in [0, 0.05) is 26.4 Å². The van der Waals surface area contributed by atoms with E-state index in [9.17, 15) is 8.42 Å². The van der Waals surface area contributed by atoms with Gasteiger partial charge in [-0.15, -0.1) is 0 Å². The average molecular weight is 321 g/mol. The summed E-state index contributed by atoms with van der Waals surface area (Å²) in [6, 6.07) is 0. The molecule has 0 aromatic carbocycles. The Kier molecular flexibility index (Phi) is 10.3. The molecule has 0 unspecified atom stereocenters. The Balaban J connectivity index is 1.76. The highest BCUT2D eigenvalue weighted by atomic mass is 32.2. The summed E-state index contributed by atoms with van der Waals surface area (Å²) in [6.07, 6.45) is 9.71. The van der Waals surface area contributed by atoms with Gasteiger partial charge >= 0.3 is 0 Å². The van der Waals surface area contributed by atoms with Gasteiger partial charge in [-0.1, -0.05) is 32.1 Å². The van der Waals surface area contributed by atoms with Crippen molar-refractivity contribution in [3.05, 3.63) is 0 Å². The first-order valence-corrected chi connectivity index (χ1v) is 9.95. The van der Waals surface area contributed by atoms with Crippen LogP contribution in [0.5, 0.6) is 0 Å². The van der Waals surface area contributed by atoms with E-state index in [4.69, 9.17) is 14.6 Å². The molecule has 1 aliphatic rings. The second-order valence-corrected chi connectivity index (χ2v) is 7.71. The predicted octanol–water partition coefficient (Wildman–Crippen LogP) is 2.45. The lowest BCUT2D eigenvalue weighted by Gasteiger charge is -2.21. The van der Waals surface area contributed by atoms with Gasteiger partial charge in [0.25, 0.3) is 0 Å². The molecule has 21 heavy (non-hydrogen) atoms. The van der Waals surface area contributed by atoms with E-state index in [-0.39, 0.29) is 5.75 Å². The quantitative estimate of drug-likeness (QED) is 0.560. The zero-order valence-corrected chi connectivity index (χ0v) is 13.9. The van der Waals surface area contributed by atoms with E-state index in [1.807, 2.05) is 0 Å². The Hall–Kier alpha value is -0.170. The van der Waals surface area contributed by atoms with Gasteiger partial charge in [0.2, 0.25) is 10.0 Å². The van der Waals surface area contributed by atoms with Crippen LogP contribution in [0, 0.1) is 5.92 Å². The summed E-state index contributed by atoms with van der Waals surface area (Å²) in [5.74, 6) is 0.810. The van der Waals surface area contributed by atoms with Gasteiger partial charge in [0.15, 0.2) is 0 Å². The smallest absolute Gasteiger partial charge is 0.209 e. The summed E-state index contributed by atoms with van der Waals surface area (Å²) >= 11 is 0. The van der Waals surface area contributed by atoms with Crippen LogP contribution in [0.15, 0.2) is 0 Å². The normalized spacial score (nSPS) is 17.2. The third kappa shape index (κ3) is 12.1. The predicted molar refractivity (Wildman–Crippen MR) is 84.7 cm³/mol. The third-order valence-corrected chi connectivity index (χ3v) is 4.77. The van der Waals surface area contributed by atoms with Crippen molar-refractivity contribution < 1.29 is 17.9 Å². The number of rotatable bonds is 12. The molecule has 6 heteroatoms. The summed E-state index contributed by atoms with van der Waals surface area (Å²) in [5.41, 5.74) is 0. The average Bonchev–Trinajstić information content (AvgIpc) is 2.44. The van der Waals surface area contributed by atoms with Crippen molar-refractivity contribution in [3.8, 4) is 0 Å². The molecule has 0 atom stereocenters. The summed E-state index contributed by atoms with van der Waals surface area (Å²) in [7, 11) is -3.27. The Morgan fingerprint density at radius 2 is 1.52 bits per heavy atom. The Morgan fingerprint density at radius 3 is 2.14 bits per heavy atom. The van der Waals surface area contributed by atoms with Crippen molar-refractivity contribution in [2.24, 2.45) is 11.1 Å². The largest absolute Gasteiger partial charge is 0.381 e. The van der Waals surface area contributed by atoms with Crippen LogP contribution < -0.4 is 5.14 Å². The van der Waals surface area contributed by atoms with E-state index in [1.165, 1.54) is 19.3 Å². The molecule has 0 radical (unpaired) electrons. The lowest BCUT2D eigenvalue weighted by Crippen LogP contribution is -2.20. The van der Waals surface area contributed by atoms with E-state index < -0.39 is 10.0 Å². The van der Waals surface area contributed by atoms with Gasteiger partial charge in [0.1, 0.15) is 0 Å². The number of sulfonamides is 1. The minimum Gasteiger partial charge on any atom is -0.381 e. The number of unbranched alkanes of at least 4 members (excludes halogenated alkanes) is 6. The molecule has 126 valence electrons. The third-order valence-electron chi connectivity index (χ3n) is 3.91. The summed E-state index contributed by atoms with van der Waals surface area (Å²) in [6.45, 7) is 3.53. The first-order chi connectivity index (χ1) is 10.1. The summed E-state index contributed by atoms with van der Waals surface area (Å²) in [4.78, 5) is 0. The van der Waals surface area contributed by atoms with Gasteiger partial charge in [-0.3, -0.25) is 0 Å². The number of nitrogens with two attached hydrogens (primary N) is 1. The molecule has 1 aliphatic heterocycles. The van der Waals surface area contributed by atoms with Crippen LogP contribution in [-0.4, -0.2) is 40.6 Å². The van der Waals surface area contributed by atoms with E-state index >= 15 is 0 Å². The van der Waals surface area contributed by atoms with Crippen LogP contribution in [0.3, 0.4) is 0 Å². The fraction of sp³-hybridized carbons (Fsp3) is 1.00. The molecule has 0 bridgehead atoms. The maximum atomic E-state index is 10.7. The fourth-order valence-corrected chi connectivity index (χ4v) is 3.16. The molecule has 2 N–H and O–H groups in total. The molecule has 0 amide bonds. The molecular formula is C15H31NO4S. The number of primary sulfonamides is 1. The summed E-state index contributed by atoms with van der Waals surface area (Å²) < 4.78 is 32.5. The molecular weight excluding hydrogens is 290 g/mol. The Morgan fingerprint density at radius 1 is 0.952 bits per heavy atom. The lowest BCUT2D eigenvalue weighted by atomic mass is 10.0. The monoisotopic (exact) mass is 321 g/mol. The van der Waals surface area contributed by atoms with Crippen LogP contribution >= 0.6 is 0 Å². The number of ether oxygens (including phenoxy) is 2. The van der Waals surface area contributed by atoms with Crippen molar-refractivity contribution in [1.82, 2.24) is 0 Å². The van der Waals surface area contributed by atoms with E-state index in [2.05, 4.69) is 0 Å². The molecule has 0 spiro atoms. The van der Waals surface area contributed by atoms with Crippen molar-refractivity contribution in [1.29, 1.82) is 0 Å². The minimum absolute atomic E-state index is 0.118. The first-order valence-electron chi connectivity index (χ1n) is 8.24. The highest BCUT2D eigenvalue weighted by molar-refractivity contribution is 7.89. The van der Waals surface area contributed by atoms with Crippen molar-refractivity contribution in [2.45, 2.75) is 57.8 Å². The number of hydrogen-bond acceptors (Lipinski definition) is 4. The number of hydrogen-bond donors (Lipinski definition) is 1. The van der Waals surface area contributed by atoms with Crippen molar-refractivity contribution in [2.75, 3.05) is 32.2 Å². The van der Waals surface area contributed by atoms with E-state index in [0.717, 1.165) is 58.5 Å². The topological polar surface area (TPSA) is 78.6 Å². The minimum atomic E-state index is -3.27. The Labute approximate surface area is 129 Å². The standard InChI is InChI=1S/C15H31NO4S/c16-21(17,18)13-7-5-3-1-2-4-6-10-20-14-15-8-11-19-12-9-15/h15H,1-14H2,(H2,16,17,18). The van der Waals surface area contributed by atoms with Crippen LogP contribution in [0.1, 0.15) is 57.8 Å². The van der Waals surface area contributed by atoms with Crippen molar-refractivity contribution >= 4 is 10.0 Å². The Bertz CT molecular complexity index is 340. The molecule has 1 fully saturated rings. The maximum Gasteiger partial charge on any atom is 0.209 e. The van der Waals surface area contributed by atoms with Crippen LogP contribution in [-0.2, 0) is 19.5 Å². The van der Waals surface area contributed by atoms with E-state index in [1.54, 1.807) is 0 Å². The van der Waals surface area contributed by atoms with Crippen LogP contribution in [0.25, 0.3) is 0 Å². The van der Waals surface area contributed by atoms with Crippen molar-refractivity contribution in [3.63, 3.8) is 0 Å². The van der Waals surface area contributed by atoms with E-state index in [0.29, 0.717) is 12.3 Å². The zero-order valence-electron chi connectivity index (χ0n) is 13.1. The molecule has 0 aromatic rings. The second-order valence-electron chi connectivity index (χ2n) is 5.97. The van der Waals surface area contributed by atoms with Crippen LogP contribution in [0.2, 0.25) is 0 Å². The molecule has 0 aliphatic carbocycles. The highest BCUT2D eigenvalue weighted by Gasteiger charge is 2.13. The molecule has 0 aromatic heterocycles. The molecule has 0 saturated carbocycles. The SMILES string of the molecule is NS(=O)(=O)CCCCCCCCCOCC1CCOCC1. The summed E-state index contributed by atoms with van der Waals surface area (Å²) in [5, 5.41) is 4.95. The first kappa shape index (κ1) is 18.9. The zero-order chi connectivity index (χ0) is 15.4. The molecule has 5 nitrogen and oxygen atoms in total. The highest BCUT2D eigenvalue weighted by Crippen LogP contribution is 2.15.